The normalized spacial score (nSPS) is 12.6. The summed E-state index contributed by atoms with van der Waals surface area (Å²) >= 11 is 0. The number of anilines is 1. The largest absolute Gasteiger partial charge is 0.480 e. The molecular weight excluding hydrogens is 304 g/mol. The summed E-state index contributed by atoms with van der Waals surface area (Å²) in [6.07, 6.45) is 2.65. The number of hydrogen-bond donors (Lipinski definition) is 1. The molecule has 0 fully saturated rings. The molecule has 0 unspecified atom stereocenters. The van der Waals surface area contributed by atoms with Crippen LogP contribution in [-0.2, 0) is 14.8 Å². The summed E-state index contributed by atoms with van der Waals surface area (Å²) in [5, 5.41) is 9.26. The molecule has 0 saturated carbocycles. The lowest BCUT2D eigenvalue weighted by atomic mass is 10.2. The molecule has 0 aliphatic heterocycles. The molecule has 1 atom stereocenters. The van der Waals surface area contributed by atoms with Crippen molar-refractivity contribution >= 4 is 21.7 Å². The maximum Gasteiger partial charge on any atom is 0.327 e. The van der Waals surface area contributed by atoms with Crippen LogP contribution < -0.4 is 4.31 Å². The van der Waals surface area contributed by atoms with E-state index in [2.05, 4.69) is 4.98 Å². The average Bonchev–Trinajstić information content (AvgIpc) is 2.50. The summed E-state index contributed by atoms with van der Waals surface area (Å²) < 4.78 is 26.5. The second-order valence-electron chi connectivity index (χ2n) is 4.84. The van der Waals surface area contributed by atoms with Crippen LogP contribution in [0.1, 0.15) is 12.5 Å². The van der Waals surface area contributed by atoms with Crippen LogP contribution in [0.5, 0.6) is 0 Å². The van der Waals surface area contributed by atoms with Crippen LogP contribution >= 0.6 is 0 Å². The second kappa shape index (κ2) is 6.15. The Morgan fingerprint density at radius 1 is 1.23 bits per heavy atom. The first-order valence-electron chi connectivity index (χ1n) is 6.58. The van der Waals surface area contributed by atoms with Gasteiger partial charge in [0, 0.05) is 12.4 Å². The van der Waals surface area contributed by atoms with E-state index in [1.807, 2.05) is 6.92 Å². The second-order valence-corrected chi connectivity index (χ2v) is 6.65. The molecule has 2 aromatic rings. The molecule has 22 heavy (non-hydrogen) atoms. The topological polar surface area (TPSA) is 87.6 Å². The minimum absolute atomic E-state index is 0.0522. The standard InChI is InChI=1S/C15H16N2O4S/c1-11-5-7-13(8-6-11)17(12(2)15(18)19)22(20,21)14-4-3-9-16-10-14/h3-10,12H,1-2H3,(H,18,19)/t12-/m0/s1. The molecule has 0 saturated heterocycles. The quantitative estimate of drug-likeness (QED) is 0.911. The Bertz CT molecular complexity index is 758. The molecule has 7 heteroatoms. The van der Waals surface area contributed by atoms with Crippen LogP contribution in [-0.4, -0.2) is 30.5 Å². The Balaban J connectivity index is 2.59. The van der Waals surface area contributed by atoms with Gasteiger partial charge in [-0.1, -0.05) is 17.7 Å². The summed E-state index contributed by atoms with van der Waals surface area (Å²) in [4.78, 5) is 15.1. The number of aryl methyl sites for hydroxylation is 1. The van der Waals surface area contributed by atoms with E-state index in [1.54, 1.807) is 24.3 Å². The summed E-state index contributed by atoms with van der Waals surface area (Å²) in [7, 11) is -4.02. The van der Waals surface area contributed by atoms with Gasteiger partial charge >= 0.3 is 5.97 Å². The van der Waals surface area contributed by atoms with Crippen LogP contribution in [0.3, 0.4) is 0 Å². The lowest BCUT2D eigenvalue weighted by Crippen LogP contribution is -2.43. The summed E-state index contributed by atoms with van der Waals surface area (Å²) in [5.41, 5.74) is 1.25. The van der Waals surface area contributed by atoms with Crippen molar-refractivity contribution in [2.24, 2.45) is 0 Å². The van der Waals surface area contributed by atoms with E-state index in [9.17, 15) is 18.3 Å². The van der Waals surface area contributed by atoms with Crippen molar-refractivity contribution in [1.29, 1.82) is 0 Å². The van der Waals surface area contributed by atoms with Crippen molar-refractivity contribution in [3.63, 3.8) is 0 Å². The van der Waals surface area contributed by atoms with Gasteiger partial charge in [-0.05, 0) is 38.1 Å². The fraction of sp³-hybridized carbons (Fsp3) is 0.200. The molecule has 0 spiro atoms. The molecule has 0 bridgehead atoms. The number of aliphatic carboxylic acids is 1. The van der Waals surface area contributed by atoms with E-state index in [0.29, 0.717) is 5.69 Å². The maximum atomic E-state index is 12.8. The monoisotopic (exact) mass is 320 g/mol. The van der Waals surface area contributed by atoms with Gasteiger partial charge in [0.1, 0.15) is 10.9 Å². The molecule has 6 nitrogen and oxygen atoms in total. The minimum atomic E-state index is -4.02. The first kappa shape index (κ1) is 16.0. The number of sulfonamides is 1. The zero-order chi connectivity index (χ0) is 16.3. The van der Waals surface area contributed by atoms with Crippen molar-refractivity contribution in [2.45, 2.75) is 24.8 Å². The Morgan fingerprint density at radius 2 is 1.86 bits per heavy atom. The number of benzene rings is 1. The fourth-order valence-electron chi connectivity index (χ4n) is 1.98. The maximum absolute atomic E-state index is 12.8. The van der Waals surface area contributed by atoms with Crippen LogP contribution in [0.4, 0.5) is 5.69 Å². The van der Waals surface area contributed by atoms with E-state index in [0.717, 1.165) is 9.87 Å². The molecule has 1 aromatic heterocycles. The zero-order valence-electron chi connectivity index (χ0n) is 12.2. The molecular formula is C15H16N2O4S. The summed E-state index contributed by atoms with van der Waals surface area (Å²) in [5.74, 6) is -1.23. The number of rotatable bonds is 5. The van der Waals surface area contributed by atoms with E-state index in [1.165, 1.54) is 31.5 Å². The zero-order valence-corrected chi connectivity index (χ0v) is 13.0. The van der Waals surface area contributed by atoms with Gasteiger partial charge in [-0.3, -0.25) is 9.29 Å². The van der Waals surface area contributed by atoms with Gasteiger partial charge in [0.25, 0.3) is 10.0 Å². The Kier molecular flexibility index (Phi) is 4.46. The first-order valence-corrected chi connectivity index (χ1v) is 8.02. The number of pyridine rings is 1. The fourth-order valence-corrected chi connectivity index (χ4v) is 3.55. The average molecular weight is 320 g/mol. The molecule has 2 rings (SSSR count). The van der Waals surface area contributed by atoms with Crippen molar-refractivity contribution in [3.05, 3.63) is 54.4 Å². The Morgan fingerprint density at radius 3 is 2.36 bits per heavy atom. The third-order valence-electron chi connectivity index (χ3n) is 3.19. The number of aromatic nitrogens is 1. The van der Waals surface area contributed by atoms with E-state index < -0.39 is 22.0 Å². The van der Waals surface area contributed by atoms with E-state index in [-0.39, 0.29) is 4.90 Å². The number of hydrogen-bond acceptors (Lipinski definition) is 4. The number of carboxylic acids is 1. The highest BCUT2D eigenvalue weighted by molar-refractivity contribution is 7.92. The molecule has 116 valence electrons. The van der Waals surface area contributed by atoms with Crippen molar-refractivity contribution in [3.8, 4) is 0 Å². The highest BCUT2D eigenvalue weighted by Crippen LogP contribution is 2.26. The SMILES string of the molecule is Cc1ccc(N([C@@H](C)C(=O)O)S(=O)(=O)c2cccnc2)cc1. The molecule has 0 amide bonds. The van der Waals surface area contributed by atoms with Crippen LogP contribution in [0.2, 0.25) is 0 Å². The predicted octanol–water partition coefficient (Wildman–Crippen LogP) is 2.06. The molecule has 1 aromatic carbocycles. The molecule has 1 N–H and O–H groups in total. The van der Waals surface area contributed by atoms with Crippen molar-refractivity contribution < 1.29 is 18.3 Å². The van der Waals surface area contributed by atoms with Gasteiger partial charge < -0.3 is 5.11 Å². The van der Waals surface area contributed by atoms with Gasteiger partial charge in [0.05, 0.1) is 5.69 Å². The van der Waals surface area contributed by atoms with Gasteiger partial charge in [-0.15, -0.1) is 0 Å². The van der Waals surface area contributed by atoms with Gasteiger partial charge in [0.2, 0.25) is 0 Å². The molecule has 0 radical (unpaired) electrons. The highest BCUT2D eigenvalue weighted by atomic mass is 32.2. The van der Waals surface area contributed by atoms with Crippen LogP contribution in [0.15, 0.2) is 53.7 Å². The molecule has 0 aliphatic rings. The first-order chi connectivity index (χ1) is 10.3. The lowest BCUT2D eigenvalue weighted by Gasteiger charge is -2.28. The Labute approximate surface area is 129 Å². The molecule has 1 heterocycles. The third-order valence-corrected chi connectivity index (χ3v) is 5.07. The number of carbonyl (C=O) groups is 1. The van der Waals surface area contributed by atoms with Crippen molar-refractivity contribution in [1.82, 2.24) is 4.98 Å². The summed E-state index contributed by atoms with van der Waals surface area (Å²) in [6, 6.07) is 8.27. The summed E-state index contributed by atoms with van der Waals surface area (Å²) in [6.45, 7) is 3.19. The van der Waals surface area contributed by atoms with Crippen LogP contribution in [0, 0.1) is 6.92 Å². The third kappa shape index (κ3) is 3.09. The number of carboxylic acid groups (broad SMARTS) is 1. The lowest BCUT2D eigenvalue weighted by molar-refractivity contribution is -0.137. The van der Waals surface area contributed by atoms with E-state index >= 15 is 0 Å². The minimum Gasteiger partial charge on any atom is -0.480 e. The highest BCUT2D eigenvalue weighted by Gasteiger charge is 2.33. The van der Waals surface area contributed by atoms with Gasteiger partial charge in [-0.2, -0.15) is 0 Å². The molecule has 0 aliphatic carbocycles. The predicted molar refractivity (Wildman–Crippen MR) is 82.2 cm³/mol. The van der Waals surface area contributed by atoms with Crippen molar-refractivity contribution in [2.75, 3.05) is 4.31 Å². The van der Waals surface area contributed by atoms with Crippen LogP contribution in [0.25, 0.3) is 0 Å². The smallest absolute Gasteiger partial charge is 0.327 e. The number of nitrogens with zero attached hydrogens (tertiary/aromatic N) is 2. The van der Waals surface area contributed by atoms with Gasteiger partial charge in [-0.25, -0.2) is 13.2 Å². The Hall–Kier alpha value is -2.41. The van der Waals surface area contributed by atoms with E-state index in [4.69, 9.17) is 0 Å². The van der Waals surface area contributed by atoms with Gasteiger partial charge in [0.15, 0.2) is 0 Å².